The van der Waals surface area contributed by atoms with Crippen LogP contribution in [0, 0.1) is 0 Å². The first kappa shape index (κ1) is 19.4. The van der Waals surface area contributed by atoms with Gasteiger partial charge in [0.2, 0.25) is 0 Å². The summed E-state index contributed by atoms with van der Waals surface area (Å²) < 4.78 is 24.9. The van der Waals surface area contributed by atoms with E-state index >= 15 is 0 Å². The van der Waals surface area contributed by atoms with Gasteiger partial charge in [0.05, 0.1) is 11.1 Å². The van der Waals surface area contributed by atoms with E-state index in [1.807, 2.05) is 0 Å². The zero-order valence-electron chi connectivity index (χ0n) is 9.19. The topological polar surface area (TPSA) is 153 Å². The van der Waals surface area contributed by atoms with Crippen molar-refractivity contribution in [1.29, 1.82) is 0 Å². The summed E-state index contributed by atoms with van der Waals surface area (Å²) in [6, 6.07) is 5.48. The molecule has 0 unspecified atom stereocenters. The van der Waals surface area contributed by atoms with Crippen molar-refractivity contribution >= 4 is 22.2 Å². The second-order valence-electron chi connectivity index (χ2n) is 2.63. The average molecular weight is 285 g/mol. The van der Waals surface area contributed by atoms with Crippen molar-refractivity contribution in [3.8, 4) is 0 Å². The van der Waals surface area contributed by atoms with Crippen LogP contribution >= 0.6 is 0 Å². The Hall–Kier alpha value is -0.970. The zero-order chi connectivity index (χ0) is 13.6. The Morgan fingerprint density at radius 1 is 1.00 bits per heavy atom. The van der Waals surface area contributed by atoms with Gasteiger partial charge in [-0.1, -0.05) is 12.1 Å². The molecule has 0 aliphatic heterocycles. The number of carboxylic acids is 2. The Kier molecular flexibility index (Phi) is 8.81. The number of aromatic carboxylic acids is 2. The molecule has 0 spiro atoms. The summed E-state index contributed by atoms with van der Waals surface area (Å²) in [6.45, 7) is 0. The molecule has 0 fully saturated rings. The van der Waals surface area contributed by atoms with E-state index in [9.17, 15) is 9.59 Å². The van der Waals surface area contributed by atoms with Crippen LogP contribution in [-0.4, -0.2) is 35.1 Å². The second-order valence-corrected chi connectivity index (χ2v) is 3.58. The van der Waals surface area contributed by atoms with Crippen molar-refractivity contribution in [2.24, 2.45) is 0 Å². The van der Waals surface area contributed by atoms with Crippen LogP contribution in [0.5, 0.6) is 0 Å². The molecular formula is C8H8NNaO7S. The molecule has 0 aromatic heterocycles. The van der Waals surface area contributed by atoms with E-state index in [1.54, 1.807) is 0 Å². The molecule has 0 aliphatic rings. The van der Waals surface area contributed by atoms with Gasteiger partial charge in [-0.25, -0.2) is 18.0 Å². The minimum atomic E-state index is -4.42. The predicted octanol–water partition coefficient (Wildman–Crippen LogP) is -2.07. The third kappa shape index (κ3) is 9.10. The van der Waals surface area contributed by atoms with Gasteiger partial charge < -0.3 is 15.4 Å². The van der Waals surface area contributed by atoms with Gasteiger partial charge in [-0.05, 0) is 12.1 Å². The Morgan fingerprint density at radius 3 is 1.39 bits per heavy atom. The van der Waals surface area contributed by atoms with Gasteiger partial charge in [0, 0.05) is 0 Å². The van der Waals surface area contributed by atoms with E-state index in [0.717, 1.165) is 0 Å². The van der Waals surface area contributed by atoms with Crippen LogP contribution in [0.25, 0.3) is 5.14 Å². The fourth-order valence-electron chi connectivity index (χ4n) is 0.856. The normalized spacial score (nSPS) is 9.44. The van der Waals surface area contributed by atoms with Crippen LogP contribution in [0.15, 0.2) is 24.3 Å². The summed E-state index contributed by atoms with van der Waals surface area (Å²) in [5.41, 5.74) is -0.380. The maximum atomic E-state index is 10.5. The number of rotatable bonds is 2. The number of nitrogens with one attached hydrogen (secondary N) is 1. The van der Waals surface area contributed by atoms with E-state index < -0.39 is 22.2 Å². The monoisotopic (exact) mass is 285 g/mol. The Morgan fingerprint density at radius 2 is 1.22 bits per heavy atom. The standard InChI is InChI=1S/C8H6O4.H2NO3S.Na/c9-7(10)5-3-1-2-4-6(5)8(11)12;1-5(2,3)4;/h1-4H,(H,9,10)(H,11,12);(H2-,1,2,3,4);/q;-1;+1. The van der Waals surface area contributed by atoms with Crippen molar-refractivity contribution in [1.82, 2.24) is 0 Å². The van der Waals surface area contributed by atoms with E-state index in [0.29, 0.717) is 0 Å². The third-order valence-corrected chi connectivity index (χ3v) is 1.39. The van der Waals surface area contributed by atoms with Crippen molar-refractivity contribution in [2.45, 2.75) is 0 Å². The summed E-state index contributed by atoms with van der Waals surface area (Å²) in [6.07, 6.45) is 0. The Balaban J connectivity index is 0. The van der Waals surface area contributed by atoms with Crippen LogP contribution in [0.4, 0.5) is 0 Å². The molecule has 1 rings (SSSR count). The molecule has 0 atom stereocenters. The number of hydrogen-bond acceptors (Lipinski definition) is 4. The molecular weight excluding hydrogens is 277 g/mol. The van der Waals surface area contributed by atoms with Crippen LogP contribution < -0.4 is 29.6 Å². The largest absolute Gasteiger partial charge is 1.00 e. The number of hydrogen-bond donors (Lipinski definition) is 3. The summed E-state index contributed by atoms with van der Waals surface area (Å²) >= 11 is 0. The average Bonchev–Trinajstić information content (AvgIpc) is 2.15. The molecule has 94 valence electrons. The van der Waals surface area contributed by atoms with Crippen LogP contribution in [0.2, 0.25) is 0 Å². The van der Waals surface area contributed by atoms with Gasteiger partial charge in [-0.2, -0.15) is 0 Å². The molecule has 0 radical (unpaired) electrons. The molecule has 0 bridgehead atoms. The van der Waals surface area contributed by atoms with E-state index in [2.05, 4.69) is 0 Å². The van der Waals surface area contributed by atoms with Crippen LogP contribution in [0.1, 0.15) is 20.7 Å². The number of benzene rings is 1. The fourth-order valence-corrected chi connectivity index (χ4v) is 0.856. The molecule has 0 heterocycles. The van der Waals surface area contributed by atoms with E-state index in [1.165, 1.54) is 24.3 Å². The quantitative estimate of drug-likeness (QED) is 0.416. The Bertz CT molecular complexity index is 487. The summed E-state index contributed by atoms with van der Waals surface area (Å²) in [5.74, 6) is -2.46. The maximum Gasteiger partial charge on any atom is 1.00 e. The zero-order valence-corrected chi connectivity index (χ0v) is 12.0. The number of carbonyl (C=O) groups is 2. The third-order valence-electron chi connectivity index (χ3n) is 1.39. The van der Waals surface area contributed by atoms with Crippen LogP contribution in [-0.2, 0) is 10.3 Å². The van der Waals surface area contributed by atoms with Gasteiger partial charge in [0.25, 0.3) is 0 Å². The number of carboxylic acid groups (broad SMARTS) is 2. The maximum absolute atomic E-state index is 10.5. The fraction of sp³-hybridized carbons (Fsp3) is 0. The van der Waals surface area contributed by atoms with Crippen molar-refractivity contribution in [2.75, 3.05) is 0 Å². The predicted molar refractivity (Wildman–Crippen MR) is 56.2 cm³/mol. The molecule has 0 saturated carbocycles. The first-order valence-electron chi connectivity index (χ1n) is 3.90. The minimum absolute atomic E-state index is 0. The van der Waals surface area contributed by atoms with Gasteiger partial charge in [0.1, 0.15) is 0 Å². The molecule has 0 saturated heterocycles. The smallest absolute Gasteiger partial charge is 0.540 e. The molecule has 1 aromatic carbocycles. The van der Waals surface area contributed by atoms with Crippen molar-refractivity contribution in [3.05, 3.63) is 40.5 Å². The molecule has 1 aromatic rings. The van der Waals surface area contributed by atoms with Crippen LogP contribution in [0.3, 0.4) is 0 Å². The summed E-state index contributed by atoms with van der Waals surface area (Å²) in [5, 5.41) is 22.6. The molecule has 0 aliphatic carbocycles. The van der Waals surface area contributed by atoms with Crippen molar-refractivity contribution < 1.29 is 62.3 Å². The van der Waals surface area contributed by atoms with E-state index in [-0.39, 0.29) is 40.7 Å². The molecule has 10 heteroatoms. The molecule has 4 N–H and O–H groups in total. The second kappa shape index (κ2) is 8.19. The molecule has 8 nitrogen and oxygen atoms in total. The van der Waals surface area contributed by atoms with E-state index in [4.69, 9.17) is 28.3 Å². The molecule has 0 amide bonds. The minimum Gasteiger partial charge on any atom is -0.540 e. The SMILES string of the molecule is O=C(O)c1ccccc1C(=O)O.[NH-]S(=O)(=O)O.[Na+]. The first-order chi connectivity index (χ1) is 7.63. The summed E-state index contributed by atoms with van der Waals surface area (Å²) in [4.78, 5) is 20.9. The first-order valence-corrected chi connectivity index (χ1v) is 5.34. The van der Waals surface area contributed by atoms with Gasteiger partial charge in [-0.15, -0.1) is 0 Å². The van der Waals surface area contributed by atoms with Gasteiger partial charge in [0.15, 0.2) is 10.3 Å². The van der Waals surface area contributed by atoms with Gasteiger partial charge >= 0.3 is 41.5 Å². The van der Waals surface area contributed by atoms with Gasteiger partial charge in [-0.3, -0.25) is 4.55 Å². The Labute approximate surface area is 125 Å². The van der Waals surface area contributed by atoms with Crippen molar-refractivity contribution in [3.63, 3.8) is 0 Å². The summed E-state index contributed by atoms with van der Waals surface area (Å²) in [7, 11) is -4.42. The molecule has 18 heavy (non-hydrogen) atoms.